The van der Waals surface area contributed by atoms with Crippen LogP contribution < -0.4 is 0 Å². The monoisotopic (exact) mass is 246 g/mol. The molecule has 0 spiro atoms. The maximum Gasteiger partial charge on any atom is 0.328 e. The lowest BCUT2D eigenvalue weighted by molar-refractivity contribution is -0.133. The number of carboxylic acid groups (broad SMARTS) is 1. The highest BCUT2D eigenvalue weighted by molar-refractivity contribution is 6.72. The summed E-state index contributed by atoms with van der Waals surface area (Å²) >= 11 is 0. The van der Waals surface area contributed by atoms with Crippen LogP contribution in [-0.4, -0.2) is 39.1 Å². The van der Waals surface area contributed by atoms with Gasteiger partial charge >= 0.3 is 11.9 Å². The van der Waals surface area contributed by atoms with Gasteiger partial charge in [0.25, 0.3) is 0 Å². The Labute approximate surface area is 96.2 Å². The molecule has 0 atom stereocenters. The Morgan fingerprint density at radius 1 is 1.31 bits per heavy atom. The van der Waals surface area contributed by atoms with E-state index in [1.165, 1.54) is 0 Å². The fraction of sp³-hybridized carbons (Fsp3) is 0.600. The highest BCUT2D eigenvalue weighted by Gasteiger charge is 2.25. The minimum Gasteiger partial charge on any atom is -0.517 e. The number of hydrogen-bond acceptors (Lipinski definition) is 4. The summed E-state index contributed by atoms with van der Waals surface area (Å²) in [6.45, 7) is 4.46. The number of hydrogen-bond donors (Lipinski definition) is 1. The third kappa shape index (κ3) is 8.19. The van der Waals surface area contributed by atoms with Gasteiger partial charge in [-0.25, -0.2) is 9.59 Å². The Morgan fingerprint density at radius 3 is 2.44 bits per heavy atom. The van der Waals surface area contributed by atoms with Crippen molar-refractivity contribution in [2.24, 2.45) is 0 Å². The summed E-state index contributed by atoms with van der Waals surface area (Å²) in [5, 5.41) is 8.33. The topological polar surface area (TPSA) is 72.8 Å². The molecule has 0 fully saturated rings. The molecule has 0 aliphatic heterocycles. The quantitative estimate of drug-likeness (QED) is 0.418. The van der Waals surface area contributed by atoms with Crippen molar-refractivity contribution in [1.29, 1.82) is 0 Å². The lowest BCUT2D eigenvalue weighted by atomic mass is 10.5. The molecule has 0 unspecified atom stereocenters. The predicted molar refractivity (Wildman–Crippen MR) is 61.6 cm³/mol. The molecule has 0 aromatic heterocycles. The van der Waals surface area contributed by atoms with Crippen molar-refractivity contribution in [3.8, 4) is 0 Å². The SMILES string of the molecule is COCCC[Si](C)(C)OC(=O)/C=C\C(=O)O. The zero-order valence-corrected chi connectivity index (χ0v) is 10.9. The smallest absolute Gasteiger partial charge is 0.328 e. The number of carbonyl (C=O) groups excluding carboxylic acids is 1. The van der Waals surface area contributed by atoms with Gasteiger partial charge < -0.3 is 14.3 Å². The van der Waals surface area contributed by atoms with E-state index in [0.717, 1.165) is 24.6 Å². The highest BCUT2D eigenvalue weighted by atomic mass is 28.4. The van der Waals surface area contributed by atoms with E-state index >= 15 is 0 Å². The van der Waals surface area contributed by atoms with Crippen molar-refractivity contribution in [2.45, 2.75) is 25.6 Å². The van der Waals surface area contributed by atoms with Crippen LogP contribution in [0.3, 0.4) is 0 Å². The fourth-order valence-corrected chi connectivity index (χ4v) is 2.85. The number of carbonyl (C=O) groups is 2. The number of aliphatic carboxylic acids is 1. The molecule has 0 aromatic carbocycles. The maximum atomic E-state index is 11.2. The van der Waals surface area contributed by atoms with Crippen LogP contribution in [0, 0.1) is 0 Å². The molecule has 0 rings (SSSR count). The number of ether oxygens (including phenoxy) is 1. The van der Waals surface area contributed by atoms with E-state index in [-0.39, 0.29) is 0 Å². The summed E-state index contributed by atoms with van der Waals surface area (Å²) in [4.78, 5) is 21.4. The lowest BCUT2D eigenvalue weighted by Crippen LogP contribution is -2.32. The molecule has 5 nitrogen and oxygen atoms in total. The van der Waals surface area contributed by atoms with Gasteiger partial charge in [-0.1, -0.05) is 0 Å². The van der Waals surface area contributed by atoms with E-state index in [1.807, 2.05) is 13.1 Å². The van der Waals surface area contributed by atoms with Gasteiger partial charge in [0.05, 0.1) is 0 Å². The lowest BCUT2D eigenvalue weighted by Gasteiger charge is -2.21. The third-order valence-electron chi connectivity index (χ3n) is 1.87. The molecule has 0 aliphatic carbocycles. The summed E-state index contributed by atoms with van der Waals surface area (Å²) in [6.07, 6.45) is 2.56. The molecular formula is C10H18O5Si. The van der Waals surface area contributed by atoms with E-state index in [4.69, 9.17) is 14.3 Å². The zero-order chi connectivity index (χ0) is 12.6. The molecule has 6 heteroatoms. The molecule has 0 radical (unpaired) electrons. The fourth-order valence-electron chi connectivity index (χ4n) is 1.14. The molecule has 1 N–H and O–H groups in total. The average molecular weight is 246 g/mol. The first-order valence-corrected chi connectivity index (χ1v) is 8.12. The van der Waals surface area contributed by atoms with E-state index < -0.39 is 20.3 Å². The van der Waals surface area contributed by atoms with E-state index in [9.17, 15) is 9.59 Å². The minimum absolute atomic E-state index is 0.587. The van der Waals surface area contributed by atoms with Crippen LogP contribution in [0.1, 0.15) is 6.42 Å². The molecule has 0 heterocycles. The number of methoxy groups -OCH3 is 1. The minimum atomic E-state index is -2.05. The van der Waals surface area contributed by atoms with Gasteiger partial charge in [-0.05, 0) is 25.6 Å². The van der Waals surface area contributed by atoms with Gasteiger partial charge in [-0.2, -0.15) is 0 Å². The van der Waals surface area contributed by atoms with E-state index in [1.54, 1.807) is 7.11 Å². The van der Waals surface area contributed by atoms with Crippen molar-refractivity contribution in [1.82, 2.24) is 0 Å². The second-order valence-electron chi connectivity index (χ2n) is 3.95. The second-order valence-corrected chi connectivity index (χ2v) is 8.17. The van der Waals surface area contributed by atoms with Crippen molar-refractivity contribution in [3.63, 3.8) is 0 Å². The first-order valence-electron chi connectivity index (χ1n) is 5.00. The molecule has 92 valence electrons. The normalized spacial score (nSPS) is 11.7. The first-order chi connectivity index (χ1) is 7.37. The molecule has 16 heavy (non-hydrogen) atoms. The first kappa shape index (κ1) is 14.9. The van der Waals surface area contributed by atoms with Crippen LogP contribution in [0.25, 0.3) is 0 Å². The predicted octanol–water partition coefficient (Wildman–Crippen LogP) is 1.41. The molecule has 0 bridgehead atoms. The molecule has 0 aromatic rings. The second kappa shape index (κ2) is 7.18. The van der Waals surface area contributed by atoms with Crippen LogP contribution in [0.4, 0.5) is 0 Å². The van der Waals surface area contributed by atoms with Crippen LogP contribution in [-0.2, 0) is 18.8 Å². The summed E-state index contributed by atoms with van der Waals surface area (Å²) in [6, 6.07) is 0.799. The van der Waals surface area contributed by atoms with Crippen molar-refractivity contribution >= 4 is 20.3 Å². The van der Waals surface area contributed by atoms with Crippen molar-refractivity contribution < 1.29 is 23.9 Å². The Kier molecular flexibility index (Phi) is 6.67. The highest BCUT2D eigenvalue weighted by Crippen LogP contribution is 2.14. The van der Waals surface area contributed by atoms with Gasteiger partial charge in [0.15, 0.2) is 0 Å². The molecule has 0 saturated carbocycles. The molecule has 0 saturated heterocycles. The van der Waals surface area contributed by atoms with Gasteiger partial charge in [-0.15, -0.1) is 0 Å². The Morgan fingerprint density at radius 2 is 1.94 bits per heavy atom. The number of rotatable bonds is 7. The van der Waals surface area contributed by atoms with Gasteiger partial charge in [-0.3, -0.25) is 0 Å². The van der Waals surface area contributed by atoms with Crippen molar-refractivity contribution in [3.05, 3.63) is 12.2 Å². The summed E-state index contributed by atoms with van der Waals surface area (Å²) in [5.41, 5.74) is 0. The molecule has 0 amide bonds. The standard InChI is InChI=1S/C10H18O5Si/c1-14-7-4-8-16(2,3)15-10(13)6-5-9(11)12/h5-6H,4,7-8H2,1-3H3,(H,11,12)/b6-5-. The Balaban J connectivity index is 4.04. The van der Waals surface area contributed by atoms with Crippen LogP contribution >= 0.6 is 0 Å². The van der Waals surface area contributed by atoms with Gasteiger partial charge in [0, 0.05) is 25.9 Å². The molecule has 0 aliphatic rings. The summed E-state index contributed by atoms with van der Waals surface area (Å²) in [5.74, 6) is -1.74. The summed E-state index contributed by atoms with van der Waals surface area (Å²) in [7, 11) is -0.428. The van der Waals surface area contributed by atoms with E-state index in [0.29, 0.717) is 6.61 Å². The van der Waals surface area contributed by atoms with Crippen LogP contribution in [0.5, 0.6) is 0 Å². The largest absolute Gasteiger partial charge is 0.517 e. The maximum absolute atomic E-state index is 11.2. The zero-order valence-electron chi connectivity index (χ0n) is 9.86. The van der Waals surface area contributed by atoms with E-state index in [2.05, 4.69) is 0 Å². The summed E-state index contributed by atoms with van der Waals surface area (Å²) < 4.78 is 10.1. The van der Waals surface area contributed by atoms with Gasteiger partial charge in [0.2, 0.25) is 8.32 Å². The van der Waals surface area contributed by atoms with Gasteiger partial charge in [0.1, 0.15) is 0 Å². The Hall–Kier alpha value is -1.14. The van der Waals surface area contributed by atoms with Crippen LogP contribution in [0.2, 0.25) is 19.1 Å². The number of carboxylic acids is 1. The Bertz CT molecular complexity index is 272. The average Bonchev–Trinajstić information content (AvgIpc) is 2.14. The van der Waals surface area contributed by atoms with Crippen molar-refractivity contribution in [2.75, 3.05) is 13.7 Å². The third-order valence-corrected chi connectivity index (χ3v) is 4.18. The van der Waals surface area contributed by atoms with Crippen LogP contribution in [0.15, 0.2) is 12.2 Å². The molecular weight excluding hydrogens is 228 g/mol.